The van der Waals surface area contributed by atoms with Crippen LogP contribution in [0.15, 0.2) is 18.2 Å². The second kappa shape index (κ2) is 3.98. The van der Waals surface area contributed by atoms with Gasteiger partial charge in [-0.15, -0.1) is 0 Å². The van der Waals surface area contributed by atoms with Crippen molar-refractivity contribution in [3.05, 3.63) is 23.8 Å². The molecule has 0 saturated heterocycles. The largest absolute Gasteiger partial charge is 0.507 e. The van der Waals surface area contributed by atoms with Crippen LogP contribution in [0.3, 0.4) is 0 Å². The zero-order valence-electron chi connectivity index (χ0n) is 7.75. The topological polar surface area (TPSA) is 49.7 Å². The molecule has 0 fully saturated rings. The Balaban J connectivity index is 3.06. The molecular weight excluding hydrogens is 213 g/mol. The van der Waals surface area contributed by atoms with Crippen molar-refractivity contribution in [2.24, 2.45) is 0 Å². The first-order valence-electron chi connectivity index (χ1n) is 3.98. The Labute approximate surface area is 83.7 Å². The quantitative estimate of drug-likeness (QED) is 0.804. The van der Waals surface area contributed by atoms with Gasteiger partial charge in [0.15, 0.2) is 6.10 Å². The van der Waals surface area contributed by atoms with Gasteiger partial charge < -0.3 is 14.9 Å². The van der Waals surface area contributed by atoms with Crippen molar-refractivity contribution >= 4 is 0 Å². The summed E-state index contributed by atoms with van der Waals surface area (Å²) in [6.45, 7) is 0. The summed E-state index contributed by atoms with van der Waals surface area (Å²) in [5, 5.41) is 18.1. The van der Waals surface area contributed by atoms with Gasteiger partial charge in [0, 0.05) is 11.6 Å². The summed E-state index contributed by atoms with van der Waals surface area (Å²) in [5.41, 5.74) is -0.594. The highest BCUT2D eigenvalue weighted by molar-refractivity contribution is 5.41. The van der Waals surface area contributed by atoms with Gasteiger partial charge in [0.25, 0.3) is 0 Å². The summed E-state index contributed by atoms with van der Waals surface area (Å²) in [4.78, 5) is 0. The van der Waals surface area contributed by atoms with Crippen LogP contribution in [0.2, 0.25) is 0 Å². The molecule has 0 aliphatic rings. The van der Waals surface area contributed by atoms with Crippen LogP contribution in [0.5, 0.6) is 11.5 Å². The fourth-order valence-corrected chi connectivity index (χ4v) is 1.06. The third-order valence-electron chi connectivity index (χ3n) is 1.84. The van der Waals surface area contributed by atoms with Crippen LogP contribution in [0.1, 0.15) is 11.7 Å². The van der Waals surface area contributed by atoms with Gasteiger partial charge in [0.1, 0.15) is 11.5 Å². The lowest BCUT2D eigenvalue weighted by molar-refractivity contribution is -0.207. The average Bonchev–Trinajstić information content (AvgIpc) is 2.15. The highest BCUT2D eigenvalue weighted by Gasteiger charge is 2.40. The fourth-order valence-electron chi connectivity index (χ4n) is 1.06. The molecule has 1 rings (SSSR count). The number of halogens is 3. The van der Waals surface area contributed by atoms with Crippen molar-refractivity contribution in [3.63, 3.8) is 0 Å². The number of ether oxygens (including phenoxy) is 1. The minimum Gasteiger partial charge on any atom is -0.507 e. The maximum absolute atomic E-state index is 12.1. The maximum atomic E-state index is 12.1. The van der Waals surface area contributed by atoms with E-state index in [9.17, 15) is 18.3 Å². The Kier molecular flexibility index (Phi) is 3.09. The zero-order chi connectivity index (χ0) is 11.6. The highest BCUT2D eigenvalue weighted by Crippen LogP contribution is 2.37. The molecule has 15 heavy (non-hydrogen) atoms. The number of benzene rings is 1. The van der Waals surface area contributed by atoms with E-state index in [-0.39, 0.29) is 5.75 Å². The lowest BCUT2D eigenvalue weighted by Crippen LogP contribution is -2.20. The first-order valence-corrected chi connectivity index (χ1v) is 3.98. The highest BCUT2D eigenvalue weighted by atomic mass is 19.4. The molecule has 84 valence electrons. The van der Waals surface area contributed by atoms with Crippen molar-refractivity contribution in [2.45, 2.75) is 12.3 Å². The molecular formula is C9H9F3O3. The molecule has 0 aliphatic heterocycles. The summed E-state index contributed by atoms with van der Waals surface area (Å²) in [6.07, 6.45) is -7.49. The van der Waals surface area contributed by atoms with Crippen LogP contribution >= 0.6 is 0 Å². The molecule has 6 heteroatoms. The molecule has 2 N–H and O–H groups in total. The standard InChI is InChI=1S/C9H9F3O3/c1-15-5-2-3-6(7(13)4-5)8(14)9(10,11)12/h2-4,8,13-14H,1H3/t8-/m0/s1. The Morgan fingerprint density at radius 1 is 1.33 bits per heavy atom. The van der Waals surface area contributed by atoms with E-state index in [1.807, 2.05) is 0 Å². The van der Waals surface area contributed by atoms with Gasteiger partial charge in [0.05, 0.1) is 7.11 Å². The van der Waals surface area contributed by atoms with E-state index in [4.69, 9.17) is 9.84 Å². The number of aliphatic hydroxyl groups is 1. The first-order chi connectivity index (χ1) is 6.86. The minimum absolute atomic E-state index is 0.214. The number of aliphatic hydroxyl groups excluding tert-OH is 1. The van der Waals surface area contributed by atoms with Gasteiger partial charge >= 0.3 is 6.18 Å². The van der Waals surface area contributed by atoms with Crippen LogP contribution in [0.4, 0.5) is 13.2 Å². The molecule has 0 amide bonds. The van der Waals surface area contributed by atoms with E-state index < -0.39 is 23.6 Å². The molecule has 0 heterocycles. The number of phenolic OH excluding ortho intramolecular Hbond substituents is 1. The SMILES string of the molecule is COc1ccc([C@H](O)C(F)(F)F)c(O)c1. The molecule has 0 aliphatic carbocycles. The second-order valence-electron chi connectivity index (χ2n) is 2.87. The monoisotopic (exact) mass is 222 g/mol. The van der Waals surface area contributed by atoms with E-state index in [2.05, 4.69) is 0 Å². The number of aromatic hydroxyl groups is 1. The van der Waals surface area contributed by atoms with Gasteiger partial charge in [-0.3, -0.25) is 0 Å². The van der Waals surface area contributed by atoms with Crippen LogP contribution in [-0.2, 0) is 0 Å². The molecule has 0 bridgehead atoms. The van der Waals surface area contributed by atoms with Crippen LogP contribution in [-0.4, -0.2) is 23.5 Å². The molecule has 0 saturated carbocycles. The number of methoxy groups -OCH3 is 1. The van der Waals surface area contributed by atoms with Crippen molar-refractivity contribution in [1.29, 1.82) is 0 Å². The van der Waals surface area contributed by atoms with E-state index in [1.165, 1.54) is 13.2 Å². The maximum Gasteiger partial charge on any atom is 0.418 e. The minimum atomic E-state index is -4.80. The Morgan fingerprint density at radius 3 is 2.33 bits per heavy atom. The molecule has 0 spiro atoms. The average molecular weight is 222 g/mol. The number of alkyl halides is 3. The van der Waals surface area contributed by atoms with Gasteiger partial charge in [0.2, 0.25) is 0 Å². The number of hydrogen-bond acceptors (Lipinski definition) is 3. The molecule has 0 aromatic heterocycles. The van der Waals surface area contributed by atoms with Crippen LogP contribution in [0.25, 0.3) is 0 Å². The number of rotatable bonds is 2. The van der Waals surface area contributed by atoms with Crippen molar-refractivity contribution < 1.29 is 28.1 Å². The van der Waals surface area contributed by atoms with E-state index in [0.29, 0.717) is 0 Å². The van der Waals surface area contributed by atoms with Crippen molar-refractivity contribution in [2.75, 3.05) is 7.11 Å². The summed E-state index contributed by atoms with van der Waals surface area (Å²) in [7, 11) is 1.31. The van der Waals surface area contributed by atoms with Gasteiger partial charge in [-0.25, -0.2) is 0 Å². The molecule has 1 atom stereocenters. The normalized spacial score (nSPS) is 13.7. The van der Waals surface area contributed by atoms with Gasteiger partial charge in [-0.1, -0.05) is 0 Å². The predicted molar refractivity (Wildman–Crippen MR) is 45.7 cm³/mol. The second-order valence-corrected chi connectivity index (χ2v) is 2.87. The molecule has 0 unspecified atom stereocenters. The number of phenols is 1. The summed E-state index contributed by atoms with van der Waals surface area (Å²) in [6, 6.07) is 3.20. The summed E-state index contributed by atoms with van der Waals surface area (Å²) >= 11 is 0. The lowest BCUT2D eigenvalue weighted by atomic mass is 10.1. The molecule has 0 radical (unpaired) electrons. The Bertz CT molecular complexity index is 349. The van der Waals surface area contributed by atoms with E-state index >= 15 is 0 Å². The first kappa shape index (κ1) is 11.6. The Morgan fingerprint density at radius 2 is 1.93 bits per heavy atom. The van der Waals surface area contributed by atoms with E-state index in [0.717, 1.165) is 12.1 Å². The summed E-state index contributed by atoms with van der Waals surface area (Å²) in [5.74, 6) is -0.440. The van der Waals surface area contributed by atoms with Crippen molar-refractivity contribution in [1.82, 2.24) is 0 Å². The third-order valence-corrected chi connectivity index (χ3v) is 1.84. The van der Waals surface area contributed by atoms with Crippen molar-refractivity contribution in [3.8, 4) is 11.5 Å². The third kappa shape index (κ3) is 2.53. The zero-order valence-corrected chi connectivity index (χ0v) is 7.75. The molecule has 3 nitrogen and oxygen atoms in total. The molecule has 1 aromatic carbocycles. The van der Waals surface area contributed by atoms with Crippen LogP contribution < -0.4 is 4.74 Å². The fraction of sp³-hybridized carbons (Fsp3) is 0.333. The predicted octanol–water partition coefficient (Wildman–Crippen LogP) is 2.00. The lowest BCUT2D eigenvalue weighted by Gasteiger charge is -2.16. The van der Waals surface area contributed by atoms with Crippen LogP contribution in [0, 0.1) is 0 Å². The van der Waals surface area contributed by atoms with E-state index in [1.54, 1.807) is 0 Å². The van der Waals surface area contributed by atoms with Gasteiger partial charge in [-0.2, -0.15) is 13.2 Å². The molecule has 1 aromatic rings. The number of hydrogen-bond donors (Lipinski definition) is 2. The summed E-state index contributed by atoms with van der Waals surface area (Å²) < 4.78 is 41.0. The van der Waals surface area contributed by atoms with Gasteiger partial charge in [-0.05, 0) is 12.1 Å². The Hall–Kier alpha value is -1.43. The smallest absolute Gasteiger partial charge is 0.418 e.